The first kappa shape index (κ1) is 24.8. The number of fused-ring (bicyclic) bond motifs is 2. The molecule has 0 unspecified atom stereocenters. The van der Waals surface area contributed by atoms with E-state index in [1.807, 2.05) is 36.5 Å². The number of hydrogen-bond acceptors (Lipinski definition) is 3. The number of rotatable bonds is 6. The summed E-state index contributed by atoms with van der Waals surface area (Å²) in [6.07, 6.45) is 6.20. The molecule has 4 nitrogen and oxygen atoms in total. The molecule has 0 saturated carbocycles. The van der Waals surface area contributed by atoms with E-state index in [1.54, 1.807) is 11.3 Å². The number of thiophene rings is 1. The molecule has 1 amide bonds. The van der Waals surface area contributed by atoms with Crippen LogP contribution >= 0.6 is 27.3 Å². The first-order chi connectivity index (χ1) is 18.6. The van der Waals surface area contributed by atoms with Gasteiger partial charge in [-0.1, -0.05) is 64.5 Å². The summed E-state index contributed by atoms with van der Waals surface area (Å²) in [4.78, 5) is 19.8. The second-order valence-corrected chi connectivity index (χ2v) is 11.7. The van der Waals surface area contributed by atoms with Crippen LogP contribution in [0.15, 0.2) is 88.3 Å². The maximum atomic E-state index is 13.5. The number of benzene rings is 3. The molecule has 38 heavy (non-hydrogen) atoms. The molecule has 1 aliphatic carbocycles. The second-order valence-electron chi connectivity index (χ2n) is 9.70. The molecule has 0 aliphatic heterocycles. The minimum atomic E-state index is -0.0721. The van der Waals surface area contributed by atoms with Crippen molar-refractivity contribution in [3.63, 3.8) is 0 Å². The van der Waals surface area contributed by atoms with Crippen LogP contribution in [0, 0.1) is 6.92 Å². The normalized spacial score (nSPS) is 13.2. The Morgan fingerprint density at radius 3 is 2.55 bits per heavy atom. The third-order valence-electron chi connectivity index (χ3n) is 7.26. The molecule has 1 aliphatic rings. The fourth-order valence-electron chi connectivity index (χ4n) is 5.31. The Hall–Kier alpha value is -3.48. The van der Waals surface area contributed by atoms with Gasteiger partial charge in [0.15, 0.2) is 0 Å². The first-order valence-corrected chi connectivity index (χ1v) is 14.6. The van der Waals surface area contributed by atoms with E-state index < -0.39 is 0 Å². The van der Waals surface area contributed by atoms with Crippen LogP contribution in [0.4, 0.5) is 10.7 Å². The van der Waals surface area contributed by atoms with E-state index in [0.717, 1.165) is 57.8 Å². The maximum Gasteiger partial charge on any atom is 0.259 e. The van der Waals surface area contributed by atoms with Crippen LogP contribution in [0.5, 0.6) is 0 Å². The number of aromatic nitrogens is 1. The number of anilines is 1. The van der Waals surface area contributed by atoms with Gasteiger partial charge in [0, 0.05) is 50.0 Å². The van der Waals surface area contributed by atoms with Crippen LogP contribution in [0.2, 0.25) is 0 Å². The van der Waals surface area contributed by atoms with Crippen molar-refractivity contribution in [1.82, 2.24) is 4.57 Å². The highest BCUT2D eigenvalue weighted by molar-refractivity contribution is 9.10. The van der Waals surface area contributed by atoms with E-state index in [9.17, 15) is 4.79 Å². The van der Waals surface area contributed by atoms with E-state index in [1.165, 1.54) is 33.3 Å². The van der Waals surface area contributed by atoms with Crippen molar-refractivity contribution in [2.75, 3.05) is 5.32 Å². The average Bonchev–Trinajstić information content (AvgIpc) is 3.44. The fourth-order valence-corrected chi connectivity index (χ4v) is 6.81. The first-order valence-electron chi connectivity index (χ1n) is 13.0. The lowest BCUT2D eigenvalue weighted by Crippen LogP contribution is -2.14. The highest BCUT2D eigenvalue weighted by atomic mass is 79.9. The van der Waals surface area contributed by atoms with Crippen molar-refractivity contribution in [2.45, 2.75) is 39.2 Å². The molecule has 0 saturated heterocycles. The summed E-state index contributed by atoms with van der Waals surface area (Å²) >= 11 is 5.21. The zero-order valence-corrected chi connectivity index (χ0v) is 23.6. The lowest BCUT2D eigenvalue weighted by molar-refractivity contribution is 0.102. The van der Waals surface area contributed by atoms with Gasteiger partial charge in [-0.3, -0.25) is 4.79 Å². The number of para-hydroxylation sites is 2. The molecule has 0 bridgehead atoms. The van der Waals surface area contributed by atoms with Gasteiger partial charge in [-0.05, 0) is 74.1 Å². The van der Waals surface area contributed by atoms with Crippen LogP contribution in [0.1, 0.15) is 50.5 Å². The van der Waals surface area contributed by atoms with E-state index in [2.05, 4.69) is 81.3 Å². The largest absolute Gasteiger partial charge is 0.340 e. The standard InChI is InChI=1S/C32H28BrN3OS/c1-21-27(25-11-5-7-13-28(25)36(21)20-22-15-17-23(33)18-16-22)19-34-32-30(26-12-6-8-14-29(26)38-32)31(37)35-24-9-3-2-4-10-24/h2-5,7,9-11,13,15-19H,6,8,12,14,20H2,1H3,(H,35,37). The number of amides is 1. The Balaban J connectivity index is 1.39. The van der Waals surface area contributed by atoms with Crippen molar-refractivity contribution in [1.29, 1.82) is 0 Å². The SMILES string of the molecule is Cc1c(C=Nc2sc3c(c2C(=O)Nc2ccccc2)CCCC3)c2ccccc2n1Cc1ccc(Br)cc1. The fraction of sp³-hybridized carbons (Fsp3) is 0.188. The third kappa shape index (κ3) is 4.86. The van der Waals surface area contributed by atoms with Crippen LogP contribution in [-0.2, 0) is 19.4 Å². The van der Waals surface area contributed by atoms with Gasteiger partial charge < -0.3 is 9.88 Å². The van der Waals surface area contributed by atoms with Crippen molar-refractivity contribution in [2.24, 2.45) is 4.99 Å². The number of halogens is 1. The number of nitrogens with zero attached hydrogens (tertiary/aromatic N) is 2. The van der Waals surface area contributed by atoms with Gasteiger partial charge in [-0.25, -0.2) is 4.99 Å². The summed E-state index contributed by atoms with van der Waals surface area (Å²) in [5, 5.41) is 5.07. The van der Waals surface area contributed by atoms with E-state index in [0.29, 0.717) is 0 Å². The molecule has 2 aromatic heterocycles. The van der Waals surface area contributed by atoms with Crippen molar-refractivity contribution in [3.8, 4) is 0 Å². The molecule has 0 radical (unpaired) electrons. The monoisotopic (exact) mass is 581 g/mol. The summed E-state index contributed by atoms with van der Waals surface area (Å²) in [5.41, 5.74) is 7.40. The molecule has 0 fully saturated rings. The van der Waals surface area contributed by atoms with Gasteiger partial charge in [0.1, 0.15) is 5.00 Å². The van der Waals surface area contributed by atoms with Gasteiger partial charge in [0.05, 0.1) is 5.56 Å². The van der Waals surface area contributed by atoms with Crippen molar-refractivity contribution >= 4 is 61.0 Å². The minimum absolute atomic E-state index is 0.0721. The average molecular weight is 583 g/mol. The lowest BCUT2D eigenvalue weighted by Gasteiger charge is -2.12. The van der Waals surface area contributed by atoms with E-state index in [4.69, 9.17) is 4.99 Å². The molecule has 1 N–H and O–H groups in total. The number of hydrogen-bond donors (Lipinski definition) is 1. The van der Waals surface area contributed by atoms with Gasteiger partial charge in [-0.15, -0.1) is 11.3 Å². The smallest absolute Gasteiger partial charge is 0.259 e. The Morgan fingerprint density at radius 2 is 1.74 bits per heavy atom. The number of aliphatic imine (C=N–C) groups is 1. The summed E-state index contributed by atoms with van der Waals surface area (Å²) < 4.78 is 3.43. The molecule has 6 rings (SSSR count). The highest BCUT2D eigenvalue weighted by Crippen LogP contribution is 2.40. The molecular formula is C32H28BrN3OS. The molecule has 6 heteroatoms. The Labute approximate surface area is 235 Å². The number of carbonyl (C=O) groups excluding carboxylic acids is 1. The number of carbonyl (C=O) groups is 1. The van der Waals surface area contributed by atoms with Crippen LogP contribution in [0.25, 0.3) is 10.9 Å². The van der Waals surface area contributed by atoms with Crippen LogP contribution < -0.4 is 5.32 Å². The quantitative estimate of drug-likeness (QED) is 0.200. The number of aryl methyl sites for hydroxylation is 1. The Bertz CT molecular complexity index is 1650. The predicted octanol–water partition coefficient (Wildman–Crippen LogP) is 8.70. The minimum Gasteiger partial charge on any atom is -0.340 e. The van der Waals surface area contributed by atoms with E-state index in [-0.39, 0.29) is 5.91 Å². The second kappa shape index (κ2) is 10.7. The van der Waals surface area contributed by atoms with Crippen LogP contribution in [-0.4, -0.2) is 16.7 Å². The van der Waals surface area contributed by atoms with Crippen LogP contribution in [0.3, 0.4) is 0 Å². The summed E-state index contributed by atoms with van der Waals surface area (Å²) in [5.74, 6) is -0.0721. The zero-order chi connectivity index (χ0) is 26.1. The van der Waals surface area contributed by atoms with Gasteiger partial charge in [0.25, 0.3) is 5.91 Å². The topological polar surface area (TPSA) is 46.4 Å². The molecule has 0 spiro atoms. The maximum absolute atomic E-state index is 13.5. The zero-order valence-electron chi connectivity index (χ0n) is 21.2. The number of nitrogens with one attached hydrogen (secondary N) is 1. The lowest BCUT2D eigenvalue weighted by atomic mass is 9.95. The summed E-state index contributed by atoms with van der Waals surface area (Å²) in [6, 6.07) is 26.6. The Kier molecular flexibility index (Phi) is 7.00. The molecule has 0 atom stereocenters. The molecule has 3 aromatic carbocycles. The van der Waals surface area contributed by atoms with E-state index >= 15 is 0 Å². The van der Waals surface area contributed by atoms with Crippen molar-refractivity contribution in [3.05, 3.63) is 116 Å². The molecule has 190 valence electrons. The summed E-state index contributed by atoms with van der Waals surface area (Å²) in [7, 11) is 0. The molecule has 5 aromatic rings. The third-order valence-corrected chi connectivity index (χ3v) is 8.98. The highest BCUT2D eigenvalue weighted by Gasteiger charge is 2.25. The molecule has 2 heterocycles. The van der Waals surface area contributed by atoms with Crippen molar-refractivity contribution < 1.29 is 4.79 Å². The van der Waals surface area contributed by atoms with Gasteiger partial charge in [0.2, 0.25) is 0 Å². The molecular weight excluding hydrogens is 554 g/mol. The van der Waals surface area contributed by atoms with Gasteiger partial charge in [-0.2, -0.15) is 0 Å². The predicted molar refractivity (Wildman–Crippen MR) is 163 cm³/mol. The summed E-state index contributed by atoms with van der Waals surface area (Å²) in [6.45, 7) is 2.94. The Morgan fingerprint density at radius 1 is 1.00 bits per heavy atom. The van der Waals surface area contributed by atoms with Gasteiger partial charge >= 0.3 is 0 Å².